The molecule has 0 aromatic heterocycles. The molecule has 1 saturated carbocycles. The number of hydrogen-bond donors (Lipinski definition) is 2. The zero-order chi connectivity index (χ0) is 19.3. The van der Waals surface area contributed by atoms with Crippen molar-refractivity contribution in [2.45, 2.75) is 29.5 Å². The summed E-state index contributed by atoms with van der Waals surface area (Å²) in [5, 5.41) is 2.81. The van der Waals surface area contributed by atoms with Gasteiger partial charge >= 0.3 is 0 Å². The Balaban J connectivity index is 1.57. The number of carbonyl (C=O) groups excluding carboxylic acids is 1. The van der Waals surface area contributed by atoms with E-state index in [1.54, 1.807) is 42.1 Å². The predicted molar refractivity (Wildman–Crippen MR) is 111 cm³/mol. The van der Waals surface area contributed by atoms with Gasteiger partial charge in [-0.05, 0) is 60.6 Å². The minimum atomic E-state index is -3.45. The minimum Gasteiger partial charge on any atom is -0.323 e. The van der Waals surface area contributed by atoms with Gasteiger partial charge < -0.3 is 5.32 Å². The van der Waals surface area contributed by atoms with Crippen LogP contribution in [0.3, 0.4) is 0 Å². The van der Waals surface area contributed by atoms with Crippen LogP contribution in [0.15, 0.2) is 59.5 Å². The number of sulfonamides is 1. The maximum Gasteiger partial charge on any atom is 0.248 e. The van der Waals surface area contributed by atoms with E-state index in [4.69, 9.17) is 0 Å². The first-order valence-electron chi connectivity index (χ1n) is 8.65. The average molecular weight is 403 g/mol. The highest BCUT2D eigenvalue weighted by Gasteiger charge is 2.27. The Morgan fingerprint density at radius 1 is 1.11 bits per heavy atom. The smallest absolute Gasteiger partial charge is 0.248 e. The lowest BCUT2D eigenvalue weighted by Crippen LogP contribution is -2.25. The Bertz CT molecular complexity index is 917. The molecule has 0 spiro atoms. The Labute approximate surface area is 164 Å². The lowest BCUT2D eigenvalue weighted by Gasteiger charge is -2.05. The maximum absolute atomic E-state index is 12.1. The van der Waals surface area contributed by atoms with Crippen LogP contribution in [0.25, 0.3) is 6.08 Å². The van der Waals surface area contributed by atoms with Crippen molar-refractivity contribution in [1.82, 2.24) is 4.72 Å². The Kier molecular flexibility index (Phi) is 6.36. The molecule has 2 aromatic carbocycles. The van der Waals surface area contributed by atoms with Crippen molar-refractivity contribution in [3.63, 3.8) is 0 Å². The Morgan fingerprint density at radius 3 is 2.37 bits per heavy atom. The van der Waals surface area contributed by atoms with Crippen LogP contribution in [0.5, 0.6) is 0 Å². The molecule has 0 radical (unpaired) electrons. The van der Waals surface area contributed by atoms with E-state index in [-0.39, 0.29) is 16.8 Å². The molecule has 0 atom stereocenters. The van der Waals surface area contributed by atoms with Gasteiger partial charge in [-0.1, -0.05) is 24.3 Å². The van der Waals surface area contributed by atoms with Crippen LogP contribution in [0.2, 0.25) is 0 Å². The van der Waals surface area contributed by atoms with Crippen molar-refractivity contribution in [1.29, 1.82) is 0 Å². The number of hydrogen-bond acceptors (Lipinski definition) is 4. The van der Waals surface area contributed by atoms with Crippen molar-refractivity contribution in [3.8, 4) is 0 Å². The van der Waals surface area contributed by atoms with Gasteiger partial charge in [-0.15, -0.1) is 0 Å². The fraction of sp³-hybridized carbons (Fsp3) is 0.250. The van der Waals surface area contributed by atoms with Gasteiger partial charge in [-0.25, -0.2) is 13.1 Å². The lowest BCUT2D eigenvalue weighted by molar-refractivity contribution is -0.111. The minimum absolute atomic E-state index is 0.0769. The molecule has 1 aliphatic rings. The van der Waals surface area contributed by atoms with Gasteiger partial charge in [0.05, 0.1) is 4.90 Å². The van der Waals surface area contributed by atoms with E-state index < -0.39 is 10.0 Å². The number of carbonyl (C=O) groups is 1. The molecule has 1 amide bonds. The molecule has 3 rings (SSSR count). The summed E-state index contributed by atoms with van der Waals surface area (Å²) in [6, 6.07) is 14.3. The number of anilines is 1. The van der Waals surface area contributed by atoms with Gasteiger partial charge in [0.15, 0.2) is 0 Å². The van der Waals surface area contributed by atoms with Gasteiger partial charge in [-0.2, -0.15) is 11.8 Å². The van der Waals surface area contributed by atoms with Crippen molar-refractivity contribution < 1.29 is 13.2 Å². The second-order valence-corrected chi connectivity index (χ2v) is 9.00. The molecule has 1 aliphatic carbocycles. The molecule has 0 aliphatic heterocycles. The summed E-state index contributed by atoms with van der Waals surface area (Å²) in [5.74, 6) is 0.704. The summed E-state index contributed by atoms with van der Waals surface area (Å²) in [6.45, 7) is 0. The third kappa shape index (κ3) is 5.95. The summed E-state index contributed by atoms with van der Waals surface area (Å²) in [4.78, 5) is 12.3. The first-order chi connectivity index (χ1) is 13.0. The van der Waals surface area contributed by atoms with Crippen LogP contribution in [0.1, 0.15) is 24.0 Å². The molecule has 27 heavy (non-hydrogen) atoms. The van der Waals surface area contributed by atoms with E-state index in [9.17, 15) is 13.2 Å². The van der Waals surface area contributed by atoms with Crippen LogP contribution >= 0.6 is 11.8 Å². The first-order valence-corrected chi connectivity index (χ1v) is 11.5. The topological polar surface area (TPSA) is 75.3 Å². The van der Waals surface area contributed by atoms with Crippen molar-refractivity contribution in [2.75, 3.05) is 11.6 Å². The Morgan fingerprint density at radius 2 is 1.78 bits per heavy atom. The quantitative estimate of drug-likeness (QED) is 0.661. The van der Waals surface area contributed by atoms with Crippen LogP contribution in [0.4, 0.5) is 5.69 Å². The highest BCUT2D eigenvalue weighted by molar-refractivity contribution is 7.97. The molecule has 2 N–H and O–H groups in total. The molecule has 1 fully saturated rings. The second kappa shape index (κ2) is 8.73. The maximum atomic E-state index is 12.1. The Hall–Kier alpha value is -2.09. The SMILES string of the molecule is CSCc1ccc(NC(=O)C=Cc2ccc(S(=O)(=O)NC3CC3)cc2)cc1. The standard InChI is InChI=1S/C20H22N2O3S2/c1-26-14-16-2-7-17(8-3-16)21-20(23)13-6-15-4-11-19(12-5-15)27(24,25)22-18-9-10-18/h2-8,11-13,18,22H,9-10,14H2,1H3,(H,21,23). The summed E-state index contributed by atoms with van der Waals surface area (Å²) in [7, 11) is -3.45. The largest absolute Gasteiger partial charge is 0.323 e. The third-order valence-electron chi connectivity index (χ3n) is 4.05. The fourth-order valence-corrected chi connectivity index (χ4v) is 4.28. The number of benzene rings is 2. The van der Waals surface area contributed by atoms with Crippen LogP contribution in [0, 0.1) is 0 Å². The van der Waals surface area contributed by atoms with Crippen LogP contribution < -0.4 is 10.0 Å². The van der Waals surface area contributed by atoms with Crippen molar-refractivity contribution >= 4 is 39.5 Å². The molecule has 0 saturated heterocycles. The molecule has 0 unspecified atom stereocenters. The normalized spacial score (nSPS) is 14.4. The third-order valence-corrected chi connectivity index (χ3v) is 6.21. The van der Waals surface area contributed by atoms with E-state index in [0.717, 1.165) is 29.8 Å². The highest BCUT2D eigenvalue weighted by atomic mass is 32.2. The van der Waals surface area contributed by atoms with E-state index in [0.29, 0.717) is 0 Å². The zero-order valence-corrected chi connectivity index (χ0v) is 16.6. The highest BCUT2D eigenvalue weighted by Crippen LogP contribution is 2.22. The van der Waals surface area contributed by atoms with Crippen molar-refractivity contribution in [2.24, 2.45) is 0 Å². The van der Waals surface area contributed by atoms with Crippen LogP contribution in [-0.2, 0) is 20.6 Å². The summed E-state index contributed by atoms with van der Waals surface area (Å²) in [5.41, 5.74) is 2.70. The molecule has 2 aromatic rings. The number of thioether (sulfide) groups is 1. The molecular weight excluding hydrogens is 380 g/mol. The number of nitrogens with one attached hydrogen (secondary N) is 2. The van der Waals surface area contributed by atoms with E-state index in [1.807, 2.05) is 30.5 Å². The summed E-state index contributed by atoms with van der Waals surface area (Å²) in [6.07, 6.45) is 6.93. The molecule has 0 bridgehead atoms. The second-order valence-electron chi connectivity index (χ2n) is 6.42. The molecule has 142 valence electrons. The fourth-order valence-electron chi connectivity index (χ4n) is 2.45. The first kappa shape index (κ1) is 19.7. The summed E-state index contributed by atoms with van der Waals surface area (Å²) < 4.78 is 26.9. The summed E-state index contributed by atoms with van der Waals surface area (Å²) >= 11 is 1.75. The van der Waals surface area contributed by atoms with E-state index in [1.165, 1.54) is 11.6 Å². The molecule has 0 heterocycles. The van der Waals surface area contributed by atoms with Gasteiger partial charge in [0.2, 0.25) is 15.9 Å². The monoisotopic (exact) mass is 402 g/mol. The van der Waals surface area contributed by atoms with Gasteiger partial charge in [-0.3, -0.25) is 4.79 Å². The number of rotatable bonds is 8. The van der Waals surface area contributed by atoms with E-state index in [2.05, 4.69) is 10.0 Å². The molecule has 7 heteroatoms. The zero-order valence-electron chi connectivity index (χ0n) is 15.0. The van der Waals surface area contributed by atoms with Gasteiger partial charge in [0, 0.05) is 23.6 Å². The molecular formula is C20H22N2O3S2. The van der Waals surface area contributed by atoms with E-state index >= 15 is 0 Å². The number of amides is 1. The van der Waals surface area contributed by atoms with Crippen molar-refractivity contribution in [3.05, 3.63) is 65.7 Å². The van der Waals surface area contributed by atoms with Gasteiger partial charge in [0.1, 0.15) is 0 Å². The molecule has 5 nitrogen and oxygen atoms in total. The average Bonchev–Trinajstić information content (AvgIpc) is 3.45. The predicted octanol–water partition coefficient (Wildman–Crippen LogP) is 3.64. The van der Waals surface area contributed by atoms with Gasteiger partial charge in [0.25, 0.3) is 0 Å². The van der Waals surface area contributed by atoms with Crippen LogP contribution in [-0.4, -0.2) is 26.6 Å². The lowest BCUT2D eigenvalue weighted by atomic mass is 10.2.